The molecular weight excluding hydrogens is 261 g/mol. The number of aliphatic carboxylic acids is 1. The van der Waals surface area contributed by atoms with E-state index < -0.39 is 5.97 Å². The van der Waals surface area contributed by atoms with Gasteiger partial charge in [0, 0.05) is 22.6 Å². The second-order valence-electron chi connectivity index (χ2n) is 3.99. The molecule has 1 heterocycles. The summed E-state index contributed by atoms with van der Waals surface area (Å²) in [7, 11) is 0. The number of halogens is 2. The van der Waals surface area contributed by atoms with E-state index in [-0.39, 0.29) is 12.5 Å². The predicted octanol–water partition coefficient (Wildman–Crippen LogP) is 3.98. The van der Waals surface area contributed by atoms with Gasteiger partial charge in [0.25, 0.3) is 0 Å². The minimum Gasteiger partial charge on any atom is -0.481 e. The van der Waals surface area contributed by atoms with Crippen LogP contribution < -0.4 is 0 Å². The van der Waals surface area contributed by atoms with Gasteiger partial charge in [-0.2, -0.15) is 0 Å². The predicted molar refractivity (Wildman–Crippen MR) is 68.9 cm³/mol. The van der Waals surface area contributed by atoms with Crippen LogP contribution in [0, 0.1) is 0 Å². The van der Waals surface area contributed by atoms with Crippen molar-refractivity contribution in [3.05, 3.63) is 34.4 Å². The van der Waals surface area contributed by atoms with Gasteiger partial charge in [-0.3, -0.25) is 4.79 Å². The average molecular weight is 272 g/mol. The number of rotatable bonds is 3. The van der Waals surface area contributed by atoms with Crippen molar-refractivity contribution in [3.8, 4) is 0 Å². The van der Waals surface area contributed by atoms with Gasteiger partial charge in [0.1, 0.15) is 0 Å². The average Bonchev–Trinajstić information content (AvgIpc) is 2.59. The summed E-state index contributed by atoms with van der Waals surface area (Å²) in [6, 6.07) is 5.20. The highest BCUT2D eigenvalue weighted by Gasteiger charge is 2.13. The second-order valence-corrected chi connectivity index (χ2v) is 4.83. The highest BCUT2D eigenvalue weighted by atomic mass is 35.5. The molecule has 0 aliphatic carbocycles. The van der Waals surface area contributed by atoms with E-state index in [0.29, 0.717) is 10.0 Å². The number of carboxylic acid groups (broad SMARTS) is 1. The minimum atomic E-state index is -0.826. The maximum Gasteiger partial charge on any atom is 0.305 e. The molecule has 0 fully saturated rings. The number of fused-ring (bicyclic) bond motifs is 1. The maximum atomic E-state index is 10.7. The number of carbonyl (C=O) groups is 1. The molecule has 2 rings (SSSR count). The van der Waals surface area contributed by atoms with Gasteiger partial charge in [0.2, 0.25) is 0 Å². The number of hydrogen-bond donors (Lipinski definition) is 1. The fourth-order valence-corrected chi connectivity index (χ4v) is 2.47. The SMILES string of the molecule is CC(CC(=O)O)n1ccc2c(Cl)cc(Cl)cc21. The molecule has 1 atom stereocenters. The first-order valence-corrected chi connectivity index (χ1v) is 5.92. The van der Waals surface area contributed by atoms with Crippen LogP contribution in [0.25, 0.3) is 10.9 Å². The van der Waals surface area contributed by atoms with Crippen molar-refractivity contribution in [1.82, 2.24) is 4.57 Å². The quantitative estimate of drug-likeness (QED) is 0.918. The van der Waals surface area contributed by atoms with E-state index in [1.54, 1.807) is 12.1 Å². The fraction of sp³-hybridized carbons (Fsp3) is 0.250. The maximum absolute atomic E-state index is 10.7. The van der Waals surface area contributed by atoms with Crippen LogP contribution in [0.5, 0.6) is 0 Å². The second kappa shape index (κ2) is 4.59. The van der Waals surface area contributed by atoms with Crippen LogP contribution in [-0.2, 0) is 4.79 Å². The Bertz CT molecular complexity index is 577. The molecule has 3 nitrogen and oxygen atoms in total. The molecule has 0 saturated heterocycles. The summed E-state index contributed by atoms with van der Waals surface area (Å²) in [5.74, 6) is -0.826. The standard InChI is InChI=1S/C12H11Cl2NO2/c1-7(4-12(16)17)15-3-2-9-10(14)5-8(13)6-11(9)15/h2-3,5-7H,4H2,1H3,(H,16,17). The third-order valence-corrected chi connectivity index (χ3v) is 3.23. The first kappa shape index (κ1) is 12.3. The lowest BCUT2D eigenvalue weighted by Crippen LogP contribution is -2.09. The van der Waals surface area contributed by atoms with E-state index in [9.17, 15) is 4.79 Å². The summed E-state index contributed by atoms with van der Waals surface area (Å²) < 4.78 is 1.88. The Kier molecular flexibility index (Phi) is 3.31. The molecule has 5 heteroatoms. The molecule has 17 heavy (non-hydrogen) atoms. The van der Waals surface area contributed by atoms with Crippen molar-refractivity contribution >= 4 is 40.1 Å². The van der Waals surface area contributed by atoms with Gasteiger partial charge in [-0.05, 0) is 25.1 Å². The Hall–Kier alpha value is -1.19. The van der Waals surface area contributed by atoms with Gasteiger partial charge in [0.05, 0.1) is 17.0 Å². The van der Waals surface area contributed by atoms with Crippen LogP contribution in [0.1, 0.15) is 19.4 Å². The summed E-state index contributed by atoms with van der Waals surface area (Å²) >= 11 is 12.0. The lowest BCUT2D eigenvalue weighted by atomic mass is 10.2. The lowest BCUT2D eigenvalue weighted by molar-refractivity contribution is -0.137. The molecule has 2 aromatic rings. The third-order valence-electron chi connectivity index (χ3n) is 2.70. The Balaban J connectivity index is 2.52. The summed E-state index contributed by atoms with van der Waals surface area (Å²) in [5.41, 5.74) is 0.858. The van der Waals surface area contributed by atoms with E-state index in [1.165, 1.54) is 0 Å². The van der Waals surface area contributed by atoms with Crippen molar-refractivity contribution in [1.29, 1.82) is 0 Å². The third kappa shape index (κ3) is 2.40. The molecule has 1 aromatic carbocycles. The van der Waals surface area contributed by atoms with Crippen molar-refractivity contribution in [2.75, 3.05) is 0 Å². The molecule has 0 aliphatic heterocycles. The van der Waals surface area contributed by atoms with Crippen LogP contribution in [0.2, 0.25) is 10.0 Å². The Labute approximate surface area is 109 Å². The van der Waals surface area contributed by atoms with Gasteiger partial charge in [-0.1, -0.05) is 23.2 Å². The van der Waals surface area contributed by atoms with Gasteiger partial charge >= 0.3 is 5.97 Å². The Morgan fingerprint density at radius 3 is 2.82 bits per heavy atom. The molecule has 1 N–H and O–H groups in total. The van der Waals surface area contributed by atoms with E-state index in [0.717, 1.165) is 10.9 Å². The highest BCUT2D eigenvalue weighted by Crippen LogP contribution is 2.30. The van der Waals surface area contributed by atoms with Crippen molar-refractivity contribution < 1.29 is 9.90 Å². The van der Waals surface area contributed by atoms with Crippen LogP contribution in [-0.4, -0.2) is 15.6 Å². The largest absolute Gasteiger partial charge is 0.481 e. The Morgan fingerprint density at radius 2 is 2.18 bits per heavy atom. The van der Waals surface area contributed by atoms with Gasteiger partial charge in [0.15, 0.2) is 0 Å². The lowest BCUT2D eigenvalue weighted by Gasteiger charge is -2.13. The summed E-state index contributed by atoms with van der Waals surface area (Å²) in [6.07, 6.45) is 1.90. The van der Waals surface area contributed by atoms with Crippen molar-refractivity contribution in [2.45, 2.75) is 19.4 Å². The first-order valence-electron chi connectivity index (χ1n) is 5.16. The zero-order valence-corrected chi connectivity index (χ0v) is 10.7. The number of nitrogens with zero attached hydrogens (tertiary/aromatic N) is 1. The Morgan fingerprint density at radius 1 is 1.47 bits per heavy atom. The molecule has 0 radical (unpaired) electrons. The zero-order chi connectivity index (χ0) is 12.6. The van der Waals surface area contributed by atoms with Crippen LogP contribution in [0.3, 0.4) is 0 Å². The van der Waals surface area contributed by atoms with E-state index in [4.69, 9.17) is 28.3 Å². The summed E-state index contributed by atoms with van der Waals surface area (Å²) in [5, 5.41) is 10.8. The molecular formula is C12H11Cl2NO2. The smallest absolute Gasteiger partial charge is 0.305 e. The van der Waals surface area contributed by atoms with Crippen molar-refractivity contribution in [3.63, 3.8) is 0 Å². The molecule has 0 spiro atoms. The van der Waals surface area contributed by atoms with Crippen LogP contribution in [0.15, 0.2) is 24.4 Å². The topological polar surface area (TPSA) is 42.2 Å². The molecule has 0 bridgehead atoms. The normalized spacial score (nSPS) is 12.9. The molecule has 0 saturated carbocycles. The number of aromatic nitrogens is 1. The first-order chi connectivity index (χ1) is 7.99. The van der Waals surface area contributed by atoms with Gasteiger partial charge < -0.3 is 9.67 Å². The van der Waals surface area contributed by atoms with E-state index in [1.807, 2.05) is 23.8 Å². The number of benzene rings is 1. The fourth-order valence-electron chi connectivity index (χ4n) is 1.92. The number of hydrogen-bond acceptors (Lipinski definition) is 1. The van der Waals surface area contributed by atoms with Gasteiger partial charge in [-0.15, -0.1) is 0 Å². The number of carboxylic acids is 1. The zero-order valence-electron chi connectivity index (χ0n) is 9.15. The van der Waals surface area contributed by atoms with Gasteiger partial charge in [-0.25, -0.2) is 0 Å². The van der Waals surface area contributed by atoms with Crippen LogP contribution >= 0.6 is 23.2 Å². The van der Waals surface area contributed by atoms with E-state index >= 15 is 0 Å². The monoisotopic (exact) mass is 271 g/mol. The van der Waals surface area contributed by atoms with Crippen LogP contribution in [0.4, 0.5) is 0 Å². The minimum absolute atomic E-state index is 0.0634. The summed E-state index contributed by atoms with van der Waals surface area (Å²) in [6.45, 7) is 1.85. The molecule has 1 aromatic heterocycles. The highest BCUT2D eigenvalue weighted by molar-refractivity contribution is 6.38. The molecule has 0 aliphatic rings. The van der Waals surface area contributed by atoms with E-state index in [2.05, 4.69) is 0 Å². The molecule has 0 amide bonds. The molecule has 1 unspecified atom stereocenters. The van der Waals surface area contributed by atoms with Crippen molar-refractivity contribution in [2.24, 2.45) is 0 Å². The molecule has 90 valence electrons. The summed E-state index contributed by atoms with van der Waals surface area (Å²) in [4.78, 5) is 10.7.